The Bertz CT molecular complexity index is 675. The number of halogens is 3. The second kappa shape index (κ2) is 7.12. The standard InChI is InChI=1S/C16H17F3N4O/c17-16(18,19)13-8-14(21-6-7-24-10-11-3-4-11)23-15(22-13)12-2-1-5-20-9-12/h1-2,5,8-9,11H,3-4,6-7,10H2,(H,21,22,23). The highest BCUT2D eigenvalue weighted by atomic mass is 19.4. The largest absolute Gasteiger partial charge is 0.433 e. The van der Waals surface area contributed by atoms with Crippen LogP contribution in [0.5, 0.6) is 0 Å². The van der Waals surface area contributed by atoms with Crippen molar-refractivity contribution in [2.45, 2.75) is 19.0 Å². The predicted molar refractivity (Wildman–Crippen MR) is 82.3 cm³/mol. The van der Waals surface area contributed by atoms with Crippen LogP contribution in [0.25, 0.3) is 11.4 Å². The van der Waals surface area contributed by atoms with E-state index in [9.17, 15) is 13.2 Å². The van der Waals surface area contributed by atoms with Crippen molar-refractivity contribution in [3.8, 4) is 11.4 Å². The average molecular weight is 338 g/mol. The third-order valence-electron chi connectivity index (χ3n) is 3.54. The fraction of sp³-hybridized carbons (Fsp3) is 0.438. The molecule has 0 bridgehead atoms. The third-order valence-corrected chi connectivity index (χ3v) is 3.54. The summed E-state index contributed by atoms with van der Waals surface area (Å²) in [7, 11) is 0. The molecule has 0 spiro atoms. The van der Waals surface area contributed by atoms with Gasteiger partial charge in [-0.3, -0.25) is 4.98 Å². The molecule has 0 aromatic carbocycles. The lowest BCUT2D eigenvalue weighted by atomic mass is 10.2. The van der Waals surface area contributed by atoms with Crippen LogP contribution in [0, 0.1) is 5.92 Å². The lowest BCUT2D eigenvalue weighted by molar-refractivity contribution is -0.141. The zero-order valence-electron chi connectivity index (χ0n) is 12.9. The summed E-state index contributed by atoms with van der Waals surface area (Å²) in [6.45, 7) is 1.51. The SMILES string of the molecule is FC(F)(F)c1cc(NCCOCC2CC2)nc(-c2cccnc2)n1. The molecule has 3 rings (SSSR count). The van der Waals surface area contributed by atoms with E-state index in [-0.39, 0.29) is 11.6 Å². The molecule has 2 aromatic rings. The summed E-state index contributed by atoms with van der Waals surface area (Å²) in [6, 6.07) is 4.14. The molecule has 1 fully saturated rings. The van der Waals surface area contributed by atoms with Crippen molar-refractivity contribution < 1.29 is 17.9 Å². The first-order valence-corrected chi connectivity index (χ1v) is 7.70. The number of hydrogen-bond donors (Lipinski definition) is 1. The van der Waals surface area contributed by atoms with Crippen LogP contribution < -0.4 is 5.32 Å². The number of nitrogens with one attached hydrogen (secondary N) is 1. The van der Waals surface area contributed by atoms with E-state index in [0.717, 1.165) is 6.07 Å². The molecule has 24 heavy (non-hydrogen) atoms. The molecule has 8 heteroatoms. The molecule has 1 saturated carbocycles. The Kier molecular flexibility index (Phi) is 4.94. The van der Waals surface area contributed by atoms with Crippen molar-refractivity contribution in [3.63, 3.8) is 0 Å². The molecule has 1 aliphatic rings. The quantitative estimate of drug-likeness (QED) is 0.784. The van der Waals surface area contributed by atoms with E-state index in [4.69, 9.17) is 4.74 Å². The van der Waals surface area contributed by atoms with Crippen molar-refractivity contribution >= 4 is 5.82 Å². The Labute approximate surface area is 137 Å². The molecular formula is C16H17F3N4O. The van der Waals surface area contributed by atoms with Gasteiger partial charge in [-0.1, -0.05) is 0 Å². The first-order valence-electron chi connectivity index (χ1n) is 7.70. The van der Waals surface area contributed by atoms with Gasteiger partial charge in [0, 0.05) is 37.2 Å². The predicted octanol–water partition coefficient (Wildman–Crippen LogP) is 3.40. The number of nitrogens with zero attached hydrogens (tertiary/aromatic N) is 3. The third kappa shape index (κ3) is 4.64. The van der Waals surface area contributed by atoms with Crippen LogP contribution >= 0.6 is 0 Å². The molecule has 0 amide bonds. The molecule has 1 aliphatic carbocycles. The van der Waals surface area contributed by atoms with Crippen LogP contribution in [-0.2, 0) is 10.9 Å². The minimum Gasteiger partial charge on any atom is -0.379 e. The lowest BCUT2D eigenvalue weighted by Gasteiger charge is -2.12. The number of rotatable bonds is 7. The zero-order valence-corrected chi connectivity index (χ0v) is 12.9. The Morgan fingerprint density at radius 1 is 1.25 bits per heavy atom. The van der Waals surface area contributed by atoms with E-state index in [2.05, 4.69) is 20.3 Å². The van der Waals surface area contributed by atoms with Crippen LogP contribution in [0.1, 0.15) is 18.5 Å². The van der Waals surface area contributed by atoms with E-state index in [1.54, 1.807) is 12.1 Å². The molecule has 2 aromatic heterocycles. The smallest absolute Gasteiger partial charge is 0.379 e. The van der Waals surface area contributed by atoms with E-state index in [1.165, 1.54) is 25.2 Å². The summed E-state index contributed by atoms with van der Waals surface area (Å²) in [6.07, 6.45) is 0.815. The number of hydrogen-bond acceptors (Lipinski definition) is 5. The molecule has 128 valence electrons. The van der Waals surface area contributed by atoms with E-state index < -0.39 is 11.9 Å². The second-order valence-corrected chi connectivity index (χ2v) is 5.65. The Morgan fingerprint density at radius 2 is 2.08 bits per heavy atom. The normalized spacial score (nSPS) is 14.6. The average Bonchev–Trinajstić information content (AvgIpc) is 3.39. The molecule has 5 nitrogen and oxygen atoms in total. The van der Waals surface area contributed by atoms with Crippen LogP contribution in [0.3, 0.4) is 0 Å². The first-order chi connectivity index (χ1) is 11.5. The minimum absolute atomic E-state index is 0.0145. The molecule has 0 radical (unpaired) electrons. The van der Waals surface area contributed by atoms with Gasteiger partial charge in [0.1, 0.15) is 5.82 Å². The number of alkyl halides is 3. The molecule has 0 atom stereocenters. The maximum atomic E-state index is 13.0. The summed E-state index contributed by atoms with van der Waals surface area (Å²) in [5, 5.41) is 2.86. The molecule has 0 aliphatic heterocycles. The fourth-order valence-corrected chi connectivity index (χ4v) is 2.09. The highest BCUT2D eigenvalue weighted by molar-refractivity contribution is 5.56. The van der Waals surface area contributed by atoms with Gasteiger partial charge in [-0.05, 0) is 30.9 Å². The minimum atomic E-state index is -4.54. The summed E-state index contributed by atoms with van der Waals surface area (Å²) in [4.78, 5) is 11.6. The highest BCUT2D eigenvalue weighted by Gasteiger charge is 2.33. The van der Waals surface area contributed by atoms with Gasteiger partial charge >= 0.3 is 6.18 Å². The van der Waals surface area contributed by atoms with Crippen molar-refractivity contribution in [1.82, 2.24) is 15.0 Å². The zero-order chi connectivity index (χ0) is 17.0. The highest BCUT2D eigenvalue weighted by Crippen LogP contribution is 2.31. The second-order valence-electron chi connectivity index (χ2n) is 5.65. The van der Waals surface area contributed by atoms with Gasteiger partial charge in [-0.2, -0.15) is 13.2 Å². The van der Waals surface area contributed by atoms with Gasteiger partial charge in [0.15, 0.2) is 11.5 Å². The summed E-state index contributed by atoms with van der Waals surface area (Å²) in [5.74, 6) is 0.753. The molecule has 0 unspecified atom stereocenters. The summed E-state index contributed by atoms with van der Waals surface area (Å²) < 4.78 is 44.6. The molecular weight excluding hydrogens is 321 g/mol. The Hall–Kier alpha value is -2.22. The topological polar surface area (TPSA) is 59.9 Å². The number of aromatic nitrogens is 3. The Balaban J connectivity index is 1.71. The van der Waals surface area contributed by atoms with Crippen molar-refractivity contribution in [3.05, 3.63) is 36.3 Å². The lowest BCUT2D eigenvalue weighted by Crippen LogP contribution is -2.15. The number of pyridine rings is 1. The van der Waals surface area contributed by atoms with Crippen LogP contribution in [-0.4, -0.2) is 34.7 Å². The molecule has 2 heterocycles. The van der Waals surface area contributed by atoms with E-state index >= 15 is 0 Å². The maximum absolute atomic E-state index is 13.0. The van der Waals surface area contributed by atoms with Crippen LogP contribution in [0.15, 0.2) is 30.6 Å². The van der Waals surface area contributed by atoms with Crippen LogP contribution in [0.2, 0.25) is 0 Å². The monoisotopic (exact) mass is 338 g/mol. The molecule has 1 N–H and O–H groups in total. The summed E-state index contributed by atoms with van der Waals surface area (Å²) in [5.41, 5.74) is -0.561. The molecule has 0 saturated heterocycles. The van der Waals surface area contributed by atoms with Crippen molar-refractivity contribution in [1.29, 1.82) is 0 Å². The van der Waals surface area contributed by atoms with Crippen molar-refractivity contribution in [2.75, 3.05) is 25.1 Å². The van der Waals surface area contributed by atoms with Crippen LogP contribution in [0.4, 0.5) is 19.0 Å². The van der Waals surface area contributed by atoms with E-state index in [0.29, 0.717) is 31.2 Å². The first kappa shape index (κ1) is 16.6. The summed E-state index contributed by atoms with van der Waals surface area (Å²) >= 11 is 0. The van der Waals surface area contributed by atoms with Gasteiger partial charge in [0.05, 0.1) is 6.61 Å². The fourth-order valence-electron chi connectivity index (χ4n) is 2.09. The number of ether oxygens (including phenoxy) is 1. The van der Waals surface area contributed by atoms with Gasteiger partial charge < -0.3 is 10.1 Å². The Morgan fingerprint density at radius 3 is 2.75 bits per heavy atom. The van der Waals surface area contributed by atoms with Gasteiger partial charge in [-0.25, -0.2) is 9.97 Å². The maximum Gasteiger partial charge on any atom is 0.433 e. The van der Waals surface area contributed by atoms with Gasteiger partial charge in [0.25, 0.3) is 0 Å². The van der Waals surface area contributed by atoms with Gasteiger partial charge in [-0.15, -0.1) is 0 Å². The van der Waals surface area contributed by atoms with Crippen molar-refractivity contribution in [2.24, 2.45) is 5.92 Å². The van der Waals surface area contributed by atoms with Gasteiger partial charge in [0.2, 0.25) is 0 Å². The van der Waals surface area contributed by atoms with E-state index in [1.807, 2.05) is 0 Å². The number of anilines is 1.